The number of aryl methyl sites for hydroxylation is 1. The molecule has 9 nitrogen and oxygen atoms in total. The molecule has 2 atom stereocenters. The van der Waals surface area contributed by atoms with Crippen LogP contribution in [0.4, 0.5) is 16.2 Å². The number of hydrogen-bond acceptors (Lipinski definition) is 6. The standard InChI is InChI=1S/C33H38ClN3O6S/c1-36-30(24-13-7-3-8-14-24)21-37(26-15-9-4-10-16-26)29-20-27(34)25(19-31(29)44(36,41)42)17-18-28(32(38)39)35-33(40)43-22-23-11-5-2-6-12-23/h2,4-6,9-12,15-16,19-20,24,28,30H,3,7-8,13-14,17-18,21-22H2,1H3,(H,35,40)(H,38,39)/t28-,30-/m0/s1. The summed E-state index contributed by atoms with van der Waals surface area (Å²) < 4.78 is 35.1. The number of carbonyl (C=O) groups is 2. The third kappa shape index (κ3) is 7.20. The van der Waals surface area contributed by atoms with Gasteiger partial charge < -0.3 is 20.1 Å². The molecular weight excluding hydrogens is 602 g/mol. The number of carbonyl (C=O) groups excluding carboxylic acids is 1. The number of benzene rings is 3. The second-order valence-corrected chi connectivity index (χ2v) is 13.9. The Morgan fingerprint density at radius 1 is 1.02 bits per heavy atom. The number of nitrogens with one attached hydrogen (secondary N) is 1. The Bertz CT molecular complexity index is 1570. The number of para-hydroxylation sites is 1. The normalized spacial score (nSPS) is 19.4. The highest BCUT2D eigenvalue weighted by atomic mass is 35.5. The molecule has 1 aliphatic carbocycles. The van der Waals surface area contributed by atoms with Crippen molar-refractivity contribution in [1.29, 1.82) is 0 Å². The van der Waals surface area contributed by atoms with Gasteiger partial charge in [-0.15, -0.1) is 0 Å². The predicted octanol–water partition coefficient (Wildman–Crippen LogP) is 6.37. The molecule has 1 amide bonds. The lowest BCUT2D eigenvalue weighted by Crippen LogP contribution is -2.46. The zero-order valence-electron chi connectivity index (χ0n) is 24.7. The largest absolute Gasteiger partial charge is 0.480 e. The van der Waals surface area contributed by atoms with E-state index >= 15 is 0 Å². The van der Waals surface area contributed by atoms with E-state index in [0.29, 0.717) is 22.8 Å². The first-order valence-electron chi connectivity index (χ1n) is 15.0. The number of aliphatic carboxylic acids is 1. The Morgan fingerprint density at radius 2 is 1.68 bits per heavy atom. The quantitative estimate of drug-likeness (QED) is 0.279. The number of carboxylic acids is 1. The minimum Gasteiger partial charge on any atom is -0.480 e. The molecule has 2 aliphatic rings. The fourth-order valence-electron chi connectivity index (χ4n) is 6.21. The maximum atomic E-state index is 14.2. The van der Waals surface area contributed by atoms with E-state index in [1.807, 2.05) is 53.4 Å². The summed E-state index contributed by atoms with van der Waals surface area (Å²) in [5.74, 6) is -0.992. The van der Waals surface area contributed by atoms with Gasteiger partial charge in [-0.1, -0.05) is 79.4 Å². The lowest BCUT2D eigenvalue weighted by molar-refractivity contribution is -0.139. The number of ether oxygens (including phenoxy) is 1. The molecule has 1 heterocycles. The maximum Gasteiger partial charge on any atom is 0.408 e. The lowest BCUT2D eigenvalue weighted by atomic mass is 9.83. The molecular formula is C33H38ClN3O6S. The minimum atomic E-state index is -3.92. The van der Waals surface area contributed by atoms with Crippen molar-refractivity contribution in [3.05, 3.63) is 88.9 Å². The van der Waals surface area contributed by atoms with Gasteiger partial charge in [-0.3, -0.25) is 0 Å². The van der Waals surface area contributed by atoms with Crippen LogP contribution in [0.5, 0.6) is 0 Å². The predicted molar refractivity (Wildman–Crippen MR) is 170 cm³/mol. The molecule has 5 rings (SSSR count). The maximum absolute atomic E-state index is 14.2. The van der Waals surface area contributed by atoms with E-state index in [1.165, 1.54) is 4.31 Å². The summed E-state index contributed by atoms with van der Waals surface area (Å²) in [6.45, 7) is 0.490. The highest BCUT2D eigenvalue weighted by Gasteiger charge is 2.41. The van der Waals surface area contributed by atoms with E-state index in [9.17, 15) is 23.1 Å². The molecule has 11 heteroatoms. The zero-order valence-corrected chi connectivity index (χ0v) is 26.3. The van der Waals surface area contributed by atoms with Crippen molar-refractivity contribution in [1.82, 2.24) is 9.62 Å². The van der Waals surface area contributed by atoms with Gasteiger partial charge in [0.15, 0.2) is 0 Å². The second kappa shape index (κ2) is 14.0. The van der Waals surface area contributed by atoms with Crippen LogP contribution in [0.15, 0.2) is 77.7 Å². The van der Waals surface area contributed by atoms with E-state index in [1.54, 1.807) is 31.3 Å². The van der Waals surface area contributed by atoms with Gasteiger partial charge in [0, 0.05) is 30.3 Å². The summed E-state index contributed by atoms with van der Waals surface area (Å²) >= 11 is 6.77. The van der Waals surface area contributed by atoms with Crippen LogP contribution in [0.2, 0.25) is 5.02 Å². The molecule has 3 aromatic carbocycles. The van der Waals surface area contributed by atoms with Gasteiger partial charge in [-0.25, -0.2) is 18.0 Å². The summed E-state index contributed by atoms with van der Waals surface area (Å²) in [5, 5.41) is 12.5. The van der Waals surface area contributed by atoms with Crippen molar-refractivity contribution in [2.45, 2.75) is 68.5 Å². The smallest absolute Gasteiger partial charge is 0.408 e. The van der Waals surface area contributed by atoms with Crippen LogP contribution < -0.4 is 10.2 Å². The molecule has 1 aliphatic heterocycles. The van der Waals surface area contributed by atoms with Gasteiger partial charge in [-0.05, 0) is 67.0 Å². The topological polar surface area (TPSA) is 116 Å². The van der Waals surface area contributed by atoms with Crippen LogP contribution in [0.25, 0.3) is 0 Å². The average Bonchev–Trinajstić information content (AvgIpc) is 3.11. The molecule has 234 valence electrons. The van der Waals surface area contributed by atoms with Crippen LogP contribution in [-0.4, -0.2) is 55.6 Å². The first kappa shape index (κ1) is 31.8. The number of anilines is 2. The van der Waals surface area contributed by atoms with Crippen LogP contribution in [0.3, 0.4) is 0 Å². The summed E-state index contributed by atoms with van der Waals surface area (Å²) in [5.41, 5.74) is 2.62. The average molecular weight is 640 g/mol. The number of likely N-dealkylation sites (N-methyl/N-ethyl adjacent to an activating group) is 1. The second-order valence-electron chi connectivity index (χ2n) is 11.5. The Kier molecular flexibility index (Phi) is 10.1. The molecule has 44 heavy (non-hydrogen) atoms. The molecule has 0 spiro atoms. The van der Waals surface area contributed by atoms with E-state index in [2.05, 4.69) is 5.32 Å². The highest BCUT2D eigenvalue weighted by molar-refractivity contribution is 7.89. The van der Waals surface area contributed by atoms with Crippen molar-refractivity contribution in [2.75, 3.05) is 18.5 Å². The monoisotopic (exact) mass is 639 g/mol. The number of nitrogens with zero attached hydrogens (tertiary/aromatic N) is 2. The number of sulfonamides is 1. The summed E-state index contributed by atoms with van der Waals surface area (Å²) in [4.78, 5) is 26.6. The van der Waals surface area contributed by atoms with E-state index in [-0.39, 0.29) is 36.3 Å². The molecule has 0 radical (unpaired) electrons. The van der Waals surface area contributed by atoms with E-state index in [4.69, 9.17) is 16.3 Å². The van der Waals surface area contributed by atoms with Crippen LogP contribution in [-0.2, 0) is 32.6 Å². The minimum absolute atomic E-state index is 0.000799. The van der Waals surface area contributed by atoms with Crippen molar-refractivity contribution in [3.63, 3.8) is 0 Å². The Labute approximate surface area is 263 Å². The SMILES string of the molecule is CN1[C@H](C2CCCCC2)CN(c2ccccc2)c2cc(Cl)c(CC[C@H](NC(=O)OCc3ccccc3)C(=O)O)cc2S1(=O)=O. The van der Waals surface area contributed by atoms with Crippen molar-refractivity contribution >= 4 is 45.1 Å². The number of alkyl carbamates (subject to hydrolysis) is 1. The van der Waals surface area contributed by atoms with Crippen molar-refractivity contribution in [2.24, 2.45) is 5.92 Å². The summed E-state index contributed by atoms with van der Waals surface area (Å²) in [7, 11) is -2.26. The van der Waals surface area contributed by atoms with Gasteiger partial charge in [0.25, 0.3) is 0 Å². The molecule has 1 fully saturated rings. The fourth-order valence-corrected chi connectivity index (χ4v) is 8.09. The van der Waals surface area contributed by atoms with Gasteiger partial charge in [0.05, 0.1) is 5.69 Å². The van der Waals surface area contributed by atoms with E-state index < -0.39 is 28.1 Å². The Balaban J connectivity index is 1.40. The molecule has 1 saturated carbocycles. The molecule has 0 unspecified atom stereocenters. The van der Waals surface area contributed by atoms with Gasteiger partial charge in [0.1, 0.15) is 17.5 Å². The van der Waals surface area contributed by atoms with Crippen LogP contribution in [0, 0.1) is 5.92 Å². The first-order chi connectivity index (χ1) is 21.1. The number of halogens is 1. The molecule has 0 saturated heterocycles. The lowest BCUT2D eigenvalue weighted by Gasteiger charge is -2.36. The van der Waals surface area contributed by atoms with Crippen molar-refractivity contribution in [3.8, 4) is 0 Å². The number of carboxylic acid groups (broad SMARTS) is 1. The third-order valence-corrected chi connectivity index (χ3v) is 10.9. The van der Waals surface area contributed by atoms with Crippen LogP contribution >= 0.6 is 11.6 Å². The molecule has 0 bridgehead atoms. The van der Waals surface area contributed by atoms with Crippen LogP contribution in [0.1, 0.15) is 49.7 Å². The Morgan fingerprint density at radius 3 is 2.34 bits per heavy atom. The number of fused-ring (bicyclic) bond motifs is 1. The van der Waals surface area contributed by atoms with E-state index in [0.717, 1.165) is 43.4 Å². The Hall–Kier alpha value is -3.60. The van der Waals surface area contributed by atoms with Gasteiger partial charge in [0.2, 0.25) is 10.0 Å². The van der Waals surface area contributed by atoms with Crippen molar-refractivity contribution < 1.29 is 27.9 Å². The van der Waals surface area contributed by atoms with Gasteiger partial charge in [-0.2, -0.15) is 4.31 Å². The summed E-state index contributed by atoms with van der Waals surface area (Å²) in [6, 6.07) is 20.5. The van der Waals surface area contributed by atoms with Gasteiger partial charge >= 0.3 is 12.1 Å². The third-order valence-electron chi connectivity index (χ3n) is 8.68. The number of amides is 1. The summed E-state index contributed by atoms with van der Waals surface area (Å²) in [6.07, 6.45) is 4.54. The fraction of sp³-hybridized carbons (Fsp3) is 0.394. The number of rotatable bonds is 9. The molecule has 0 aromatic heterocycles. The zero-order chi connectivity index (χ0) is 31.3. The molecule has 2 N–H and O–H groups in total. The molecule has 3 aromatic rings. The number of hydrogen-bond donors (Lipinski definition) is 2. The highest BCUT2D eigenvalue weighted by Crippen LogP contribution is 2.42. The first-order valence-corrected chi connectivity index (χ1v) is 16.8.